The minimum atomic E-state index is -1.03. The normalized spacial score (nSPS) is 15.7. The van der Waals surface area contributed by atoms with Gasteiger partial charge in [-0.25, -0.2) is 4.98 Å². The number of carbonyl (C=O) groups excluding carboxylic acids is 1. The summed E-state index contributed by atoms with van der Waals surface area (Å²) in [6.45, 7) is 3.05. The first kappa shape index (κ1) is 15.7. The molecule has 1 fully saturated rings. The van der Waals surface area contributed by atoms with E-state index in [1.54, 1.807) is 11.3 Å². The number of thiazole rings is 1. The Morgan fingerprint density at radius 2 is 1.96 bits per heavy atom. The van der Waals surface area contributed by atoms with Gasteiger partial charge < -0.3 is 15.3 Å². The van der Waals surface area contributed by atoms with E-state index in [4.69, 9.17) is 5.11 Å². The maximum Gasteiger partial charge on any atom is 0.322 e. The highest BCUT2D eigenvalue weighted by Crippen LogP contribution is 2.28. The number of nitrogens with zero attached hydrogens (tertiary/aromatic N) is 3. The highest BCUT2D eigenvalue weighted by Gasteiger charge is 2.21. The summed E-state index contributed by atoms with van der Waals surface area (Å²) in [6.07, 6.45) is 0. The van der Waals surface area contributed by atoms with Crippen LogP contribution in [-0.2, 0) is 9.59 Å². The number of para-hydroxylation sites is 1. The fraction of sp³-hybridized carbons (Fsp3) is 0.400. The predicted molar refractivity (Wildman–Crippen MR) is 88.9 cm³/mol. The first-order valence-corrected chi connectivity index (χ1v) is 8.25. The monoisotopic (exact) mass is 334 g/mol. The van der Waals surface area contributed by atoms with Crippen molar-refractivity contribution in [3.8, 4) is 0 Å². The molecule has 2 heterocycles. The van der Waals surface area contributed by atoms with E-state index in [0.29, 0.717) is 0 Å². The fourth-order valence-corrected chi connectivity index (χ4v) is 3.54. The van der Waals surface area contributed by atoms with Crippen LogP contribution in [0, 0.1) is 0 Å². The number of carboxylic acids is 1. The number of hydrogen-bond acceptors (Lipinski definition) is 6. The van der Waals surface area contributed by atoms with Gasteiger partial charge in [-0.05, 0) is 12.1 Å². The third-order valence-corrected chi connectivity index (χ3v) is 4.83. The first-order chi connectivity index (χ1) is 11.1. The molecule has 3 rings (SSSR count). The molecule has 1 aliphatic heterocycles. The molecule has 0 unspecified atom stereocenters. The number of benzene rings is 1. The Balaban J connectivity index is 1.52. The van der Waals surface area contributed by atoms with Crippen molar-refractivity contribution in [3.05, 3.63) is 24.3 Å². The Kier molecular flexibility index (Phi) is 4.73. The van der Waals surface area contributed by atoms with Gasteiger partial charge in [-0.1, -0.05) is 23.5 Å². The lowest BCUT2D eigenvalue weighted by Gasteiger charge is -2.34. The molecule has 1 aromatic heterocycles. The van der Waals surface area contributed by atoms with E-state index in [0.717, 1.165) is 36.8 Å². The number of nitrogens with one attached hydrogen (secondary N) is 1. The van der Waals surface area contributed by atoms with Gasteiger partial charge in [-0.2, -0.15) is 0 Å². The molecule has 1 saturated heterocycles. The number of aliphatic carboxylic acids is 1. The van der Waals surface area contributed by atoms with Crippen LogP contribution in [0.1, 0.15) is 0 Å². The molecule has 1 aliphatic rings. The molecular formula is C15H18N4O3S. The van der Waals surface area contributed by atoms with Crippen molar-refractivity contribution in [3.63, 3.8) is 0 Å². The van der Waals surface area contributed by atoms with Crippen LogP contribution in [0.2, 0.25) is 0 Å². The van der Waals surface area contributed by atoms with E-state index in [1.165, 1.54) is 4.70 Å². The van der Waals surface area contributed by atoms with Gasteiger partial charge in [-0.3, -0.25) is 14.5 Å². The number of piperazine rings is 1. The number of fused-ring (bicyclic) bond motifs is 1. The Hall–Kier alpha value is -2.19. The van der Waals surface area contributed by atoms with E-state index in [2.05, 4.69) is 21.3 Å². The molecular weight excluding hydrogens is 316 g/mol. The number of carbonyl (C=O) groups is 2. The van der Waals surface area contributed by atoms with Crippen LogP contribution in [-0.4, -0.2) is 66.1 Å². The molecule has 7 nitrogen and oxygen atoms in total. The summed E-state index contributed by atoms with van der Waals surface area (Å²) in [5.74, 6) is -1.28. The molecule has 0 radical (unpaired) electrons. The van der Waals surface area contributed by atoms with Crippen LogP contribution in [0.3, 0.4) is 0 Å². The second kappa shape index (κ2) is 6.93. The van der Waals surface area contributed by atoms with Gasteiger partial charge in [-0.15, -0.1) is 0 Å². The minimum absolute atomic E-state index is 0.237. The van der Waals surface area contributed by atoms with Gasteiger partial charge in [0.25, 0.3) is 0 Å². The number of amides is 1. The number of hydrogen-bond donors (Lipinski definition) is 2. The van der Waals surface area contributed by atoms with Crippen LogP contribution >= 0.6 is 11.3 Å². The quantitative estimate of drug-likeness (QED) is 0.834. The Morgan fingerprint density at radius 1 is 1.22 bits per heavy atom. The molecule has 122 valence electrons. The maximum absolute atomic E-state index is 11.6. The van der Waals surface area contributed by atoms with Crippen LogP contribution < -0.4 is 10.2 Å². The molecule has 0 aliphatic carbocycles. The number of anilines is 1. The van der Waals surface area contributed by atoms with Crippen molar-refractivity contribution in [1.82, 2.24) is 15.2 Å². The summed E-state index contributed by atoms with van der Waals surface area (Å²) in [6, 6.07) is 8.08. The summed E-state index contributed by atoms with van der Waals surface area (Å²) in [5, 5.41) is 11.9. The van der Waals surface area contributed by atoms with Gasteiger partial charge in [0.2, 0.25) is 5.91 Å². The average molecular weight is 334 g/mol. The molecule has 1 aromatic carbocycles. The topological polar surface area (TPSA) is 85.8 Å². The predicted octanol–water partition coefficient (Wildman–Crippen LogP) is 0.619. The van der Waals surface area contributed by atoms with Gasteiger partial charge in [0, 0.05) is 26.2 Å². The van der Waals surface area contributed by atoms with Crippen LogP contribution in [0.25, 0.3) is 10.2 Å². The summed E-state index contributed by atoms with van der Waals surface area (Å²) in [4.78, 5) is 31.0. The standard InChI is InChI=1S/C15H18N4O3S/c20-13(16-9-14(21)22)10-18-5-7-19(8-6-18)15-17-11-3-1-2-4-12(11)23-15/h1-4H,5-10H2,(H,16,20)(H,21,22). The van der Waals surface area contributed by atoms with Crippen molar-refractivity contribution >= 4 is 38.6 Å². The molecule has 2 N–H and O–H groups in total. The van der Waals surface area contributed by atoms with E-state index >= 15 is 0 Å². The average Bonchev–Trinajstić information content (AvgIpc) is 2.97. The van der Waals surface area contributed by atoms with E-state index in [9.17, 15) is 9.59 Å². The highest BCUT2D eigenvalue weighted by molar-refractivity contribution is 7.22. The SMILES string of the molecule is O=C(O)CNC(=O)CN1CCN(c2nc3ccccc3s2)CC1. The third kappa shape index (κ3) is 3.96. The molecule has 8 heteroatoms. The van der Waals surface area contributed by atoms with Gasteiger partial charge in [0.1, 0.15) is 6.54 Å². The highest BCUT2D eigenvalue weighted by atomic mass is 32.1. The van der Waals surface area contributed by atoms with Crippen molar-refractivity contribution in [2.24, 2.45) is 0 Å². The lowest BCUT2D eigenvalue weighted by atomic mass is 10.3. The Labute approximate surface area is 137 Å². The Morgan fingerprint density at radius 3 is 2.65 bits per heavy atom. The molecule has 2 aromatic rings. The molecule has 1 amide bonds. The number of rotatable bonds is 5. The molecule has 0 spiro atoms. The number of carboxylic acid groups (broad SMARTS) is 1. The van der Waals surface area contributed by atoms with E-state index < -0.39 is 5.97 Å². The van der Waals surface area contributed by atoms with Crippen molar-refractivity contribution in [2.75, 3.05) is 44.2 Å². The fourth-order valence-electron chi connectivity index (χ4n) is 2.53. The zero-order valence-electron chi connectivity index (χ0n) is 12.6. The molecule has 23 heavy (non-hydrogen) atoms. The summed E-state index contributed by atoms with van der Waals surface area (Å²) in [7, 11) is 0. The molecule has 0 bridgehead atoms. The minimum Gasteiger partial charge on any atom is -0.480 e. The van der Waals surface area contributed by atoms with E-state index in [1.807, 2.05) is 23.1 Å². The summed E-state index contributed by atoms with van der Waals surface area (Å²) < 4.78 is 1.18. The molecule has 0 saturated carbocycles. The zero-order chi connectivity index (χ0) is 16.2. The smallest absolute Gasteiger partial charge is 0.322 e. The van der Waals surface area contributed by atoms with Crippen LogP contribution in [0.15, 0.2) is 24.3 Å². The van der Waals surface area contributed by atoms with Crippen molar-refractivity contribution in [1.29, 1.82) is 0 Å². The first-order valence-electron chi connectivity index (χ1n) is 7.43. The zero-order valence-corrected chi connectivity index (χ0v) is 13.4. The van der Waals surface area contributed by atoms with Gasteiger partial charge in [0.05, 0.1) is 16.8 Å². The lowest BCUT2D eigenvalue weighted by molar-refractivity contribution is -0.138. The van der Waals surface area contributed by atoms with Crippen LogP contribution in [0.5, 0.6) is 0 Å². The summed E-state index contributed by atoms with van der Waals surface area (Å²) >= 11 is 1.68. The number of aromatic nitrogens is 1. The van der Waals surface area contributed by atoms with Crippen LogP contribution in [0.4, 0.5) is 5.13 Å². The Bertz CT molecular complexity index is 677. The molecule has 0 atom stereocenters. The van der Waals surface area contributed by atoms with Crippen molar-refractivity contribution in [2.45, 2.75) is 0 Å². The van der Waals surface area contributed by atoms with Gasteiger partial charge >= 0.3 is 5.97 Å². The van der Waals surface area contributed by atoms with E-state index in [-0.39, 0.29) is 19.0 Å². The third-order valence-electron chi connectivity index (χ3n) is 3.73. The maximum atomic E-state index is 11.6. The largest absolute Gasteiger partial charge is 0.480 e. The van der Waals surface area contributed by atoms with Gasteiger partial charge in [0.15, 0.2) is 5.13 Å². The van der Waals surface area contributed by atoms with Crippen molar-refractivity contribution < 1.29 is 14.7 Å². The second-order valence-electron chi connectivity index (χ2n) is 5.40. The second-order valence-corrected chi connectivity index (χ2v) is 6.41. The summed E-state index contributed by atoms with van der Waals surface area (Å²) in [5.41, 5.74) is 1.02. The lowest BCUT2D eigenvalue weighted by Crippen LogP contribution is -2.49.